The standard InChI is InChI=1S/C14H18ClN3O/c1-3-14(6-7-14)9-18-11(8-15)16-10-4-5-12(19-2)17-13(10)18/h4-5H,3,6-9H2,1-2H3. The smallest absolute Gasteiger partial charge is 0.215 e. The van der Waals surface area contributed by atoms with Crippen molar-refractivity contribution in [3.8, 4) is 5.88 Å². The summed E-state index contributed by atoms with van der Waals surface area (Å²) < 4.78 is 7.38. The van der Waals surface area contributed by atoms with Gasteiger partial charge in [0, 0.05) is 12.6 Å². The average Bonchev–Trinajstić information content (AvgIpc) is 3.15. The van der Waals surface area contributed by atoms with Crippen LogP contribution in [0.25, 0.3) is 11.2 Å². The number of ether oxygens (including phenoxy) is 1. The lowest BCUT2D eigenvalue weighted by Gasteiger charge is -2.15. The van der Waals surface area contributed by atoms with Crippen LogP contribution in [0, 0.1) is 5.41 Å². The molecule has 1 fully saturated rings. The summed E-state index contributed by atoms with van der Waals surface area (Å²) in [6, 6.07) is 3.78. The van der Waals surface area contributed by atoms with E-state index >= 15 is 0 Å². The molecule has 4 nitrogen and oxygen atoms in total. The van der Waals surface area contributed by atoms with Crippen LogP contribution in [-0.4, -0.2) is 21.6 Å². The van der Waals surface area contributed by atoms with Crippen molar-refractivity contribution in [1.29, 1.82) is 0 Å². The Kier molecular flexibility index (Phi) is 3.13. The lowest BCUT2D eigenvalue weighted by molar-refractivity contribution is 0.393. The second-order valence-corrected chi connectivity index (χ2v) is 5.56. The van der Waals surface area contributed by atoms with Crippen LogP contribution >= 0.6 is 11.6 Å². The van der Waals surface area contributed by atoms with Gasteiger partial charge in [-0.05, 0) is 30.7 Å². The SMILES string of the molecule is CCC1(Cn2c(CCl)nc3ccc(OC)nc32)CC1. The molecule has 2 aromatic rings. The minimum absolute atomic E-state index is 0.415. The Labute approximate surface area is 117 Å². The summed E-state index contributed by atoms with van der Waals surface area (Å²) in [6.07, 6.45) is 3.77. The van der Waals surface area contributed by atoms with Crippen molar-refractivity contribution in [1.82, 2.24) is 14.5 Å². The maximum absolute atomic E-state index is 6.03. The van der Waals surface area contributed by atoms with Gasteiger partial charge < -0.3 is 9.30 Å². The molecule has 19 heavy (non-hydrogen) atoms. The molecule has 0 aromatic carbocycles. The van der Waals surface area contributed by atoms with Gasteiger partial charge in [0.1, 0.15) is 11.3 Å². The molecule has 0 amide bonds. The number of imidazole rings is 1. The average molecular weight is 280 g/mol. The van der Waals surface area contributed by atoms with Gasteiger partial charge in [-0.2, -0.15) is 4.98 Å². The predicted octanol–water partition coefficient (Wildman–Crippen LogP) is 3.37. The Morgan fingerprint density at radius 1 is 1.37 bits per heavy atom. The number of fused-ring (bicyclic) bond motifs is 1. The number of nitrogens with zero attached hydrogens (tertiary/aromatic N) is 3. The molecule has 1 saturated carbocycles. The molecular weight excluding hydrogens is 262 g/mol. The summed E-state index contributed by atoms with van der Waals surface area (Å²) in [6.45, 7) is 3.21. The van der Waals surface area contributed by atoms with Gasteiger partial charge in [0.15, 0.2) is 5.65 Å². The van der Waals surface area contributed by atoms with Crippen LogP contribution in [0.3, 0.4) is 0 Å². The van der Waals surface area contributed by atoms with Crippen LogP contribution < -0.4 is 4.74 Å². The van der Waals surface area contributed by atoms with Gasteiger partial charge in [-0.15, -0.1) is 11.6 Å². The van der Waals surface area contributed by atoms with Gasteiger partial charge in [0.05, 0.1) is 13.0 Å². The van der Waals surface area contributed by atoms with Crippen molar-refractivity contribution in [2.45, 2.75) is 38.6 Å². The van der Waals surface area contributed by atoms with E-state index in [-0.39, 0.29) is 0 Å². The monoisotopic (exact) mass is 279 g/mol. The molecule has 0 atom stereocenters. The van der Waals surface area contributed by atoms with E-state index in [0.29, 0.717) is 17.2 Å². The third-order valence-electron chi connectivity index (χ3n) is 4.18. The number of methoxy groups -OCH3 is 1. The molecule has 0 aliphatic heterocycles. The number of alkyl halides is 1. The van der Waals surface area contributed by atoms with E-state index < -0.39 is 0 Å². The molecule has 0 radical (unpaired) electrons. The fraction of sp³-hybridized carbons (Fsp3) is 0.571. The largest absolute Gasteiger partial charge is 0.481 e. The molecule has 0 N–H and O–H groups in total. The maximum Gasteiger partial charge on any atom is 0.215 e. The highest BCUT2D eigenvalue weighted by molar-refractivity contribution is 6.16. The molecule has 1 aliphatic rings. The zero-order chi connectivity index (χ0) is 13.5. The van der Waals surface area contributed by atoms with E-state index in [9.17, 15) is 0 Å². The quantitative estimate of drug-likeness (QED) is 0.788. The highest BCUT2D eigenvalue weighted by Gasteiger charge is 2.41. The summed E-state index contributed by atoms with van der Waals surface area (Å²) in [5.74, 6) is 1.94. The fourth-order valence-corrected chi connectivity index (χ4v) is 2.75. The Morgan fingerprint density at radius 2 is 2.16 bits per heavy atom. The summed E-state index contributed by atoms with van der Waals surface area (Å²) in [7, 11) is 1.63. The number of pyridine rings is 1. The highest BCUT2D eigenvalue weighted by Crippen LogP contribution is 2.50. The summed E-state index contributed by atoms with van der Waals surface area (Å²) in [4.78, 5) is 9.09. The lowest BCUT2D eigenvalue weighted by Crippen LogP contribution is -2.13. The summed E-state index contributed by atoms with van der Waals surface area (Å²) >= 11 is 6.03. The van der Waals surface area contributed by atoms with E-state index in [1.165, 1.54) is 19.3 Å². The molecule has 0 saturated heterocycles. The minimum atomic E-state index is 0.415. The van der Waals surface area contributed by atoms with Gasteiger partial charge in [-0.1, -0.05) is 6.92 Å². The van der Waals surface area contributed by atoms with Crippen molar-refractivity contribution in [3.63, 3.8) is 0 Å². The number of halogens is 1. The number of hydrogen-bond donors (Lipinski definition) is 0. The molecule has 0 spiro atoms. The Hall–Kier alpha value is -1.29. The summed E-state index contributed by atoms with van der Waals surface area (Å²) in [5.41, 5.74) is 2.21. The first kappa shape index (κ1) is 12.7. The second-order valence-electron chi connectivity index (χ2n) is 5.30. The number of hydrogen-bond acceptors (Lipinski definition) is 3. The second kappa shape index (κ2) is 4.67. The van der Waals surface area contributed by atoms with Crippen LogP contribution in [0.15, 0.2) is 12.1 Å². The van der Waals surface area contributed by atoms with Crippen LogP contribution in [0.1, 0.15) is 32.0 Å². The van der Waals surface area contributed by atoms with E-state index in [0.717, 1.165) is 23.5 Å². The maximum atomic E-state index is 6.03. The van der Waals surface area contributed by atoms with Crippen molar-refractivity contribution >= 4 is 22.8 Å². The zero-order valence-corrected chi connectivity index (χ0v) is 12.1. The van der Waals surface area contributed by atoms with Crippen LogP contribution in [0.2, 0.25) is 0 Å². The zero-order valence-electron chi connectivity index (χ0n) is 11.3. The molecule has 5 heteroatoms. The number of aromatic nitrogens is 3. The lowest BCUT2D eigenvalue weighted by atomic mass is 10.0. The topological polar surface area (TPSA) is 39.9 Å². The molecule has 1 aliphatic carbocycles. The Bertz CT molecular complexity index is 604. The van der Waals surface area contributed by atoms with Gasteiger partial charge in [0.25, 0.3) is 0 Å². The third kappa shape index (κ3) is 2.18. The van der Waals surface area contributed by atoms with Crippen molar-refractivity contribution in [2.24, 2.45) is 5.41 Å². The van der Waals surface area contributed by atoms with Crippen LogP contribution in [0.4, 0.5) is 0 Å². The molecule has 102 valence electrons. The summed E-state index contributed by atoms with van der Waals surface area (Å²) in [5, 5.41) is 0. The molecule has 0 bridgehead atoms. The van der Waals surface area contributed by atoms with Gasteiger partial charge in [-0.3, -0.25) is 0 Å². The minimum Gasteiger partial charge on any atom is -0.481 e. The Morgan fingerprint density at radius 3 is 2.74 bits per heavy atom. The molecule has 2 heterocycles. The fourth-order valence-electron chi connectivity index (χ4n) is 2.55. The van der Waals surface area contributed by atoms with Crippen molar-refractivity contribution < 1.29 is 4.74 Å². The van der Waals surface area contributed by atoms with Crippen LogP contribution in [-0.2, 0) is 12.4 Å². The number of rotatable bonds is 5. The van der Waals surface area contributed by atoms with E-state index in [1.807, 2.05) is 12.1 Å². The van der Waals surface area contributed by atoms with Crippen molar-refractivity contribution in [3.05, 3.63) is 18.0 Å². The Balaban J connectivity index is 2.08. The van der Waals surface area contributed by atoms with Gasteiger partial charge in [0.2, 0.25) is 5.88 Å². The van der Waals surface area contributed by atoms with Gasteiger partial charge in [-0.25, -0.2) is 4.98 Å². The van der Waals surface area contributed by atoms with Crippen LogP contribution in [0.5, 0.6) is 5.88 Å². The van der Waals surface area contributed by atoms with E-state index in [2.05, 4.69) is 21.5 Å². The molecule has 0 unspecified atom stereocenters. The first-order valence-electron chi connectivity index (χ1n) is 6.67. The molecule has 2 aromatic heterocycles. The molecule has 3 rings (SSSR count). The highest BCUT2D eigenvalue weighted by atomic mass is 35.5. The first-order chi connectivity index (χ1) is 9.21. The van der Waals surface area contributed by atoms with E-state index in [4.69, 9.17) is 16.3 Å². The van der Waals surface area contributed by atoms with Crippen molar-refractivity contribution in [2.75, 3.05) is 7.11 Å². The third-order valence-corrected chi connectivity index (χ3v) is 4.41. The molecular formula is C14H18ClN3O. The van der Waals surface area contributed by atoms with Gasteiger partial charge >= 0.3 is 0 Å². The van der Waals surface area contributed by atoms with E-state index in [1.54, 1.807) is 7.11 Å². The normalized spacial score (nSPS) is 16.8. The first-order valence-corrected chi connectivity index (χ1v) is 7.21. The predicted molar refractivity (Wildman–Crippen MR) is 75.6 cm³/mol.